The van der Waals surface area contributed by atoms with Crippen LogP contribution in [0.4, 0.5) is 0 Å². The smallest absolute Gasteiger partial charge is 0.245 e. The van der Waals surface area contributed by atoms with Crippen LogP contribution < -0.4 is 10.6 Å². The maximum absolute atomic E-state index is 12.7. The number of nitrogens with zero attached hydrogens (tertiary/aromatic N) is 1. The lowest BCUT2D eigenvalue weighted by atomic mass is 9.87. The Labute approximate surface area is 152 Å². The van der Waals surface area contributed by atoms with E-state index in [1.165, 1.54) is 19.3 Å². The molecule has 1 aliphatic heterocycles. The van der Waals surface area contributed by atoms with Crippen LogP contribution >= 0.6 is 12.4 Å². The highest BCUT2D eigenvalue weighted by Gasteiger charge is 2.29. The van der Waals surface area contributed by atoms with E-state index >= 15 is 0 Å². The molecule has 0 spiro atoms. The minimum atomic E-state index is -0.418. The van der Waals surface area contributed by atoms with Crippen LogP contribution in [0, 0.1) is 5.92 Å². The number of amides is 2. The number of rotatable bonds is 7. The van der Waals surface area contributed by atoms with Crippen molar-refractivity contribution >= 4 is 24.2 Å². The molecule has 2 aliphatic rings. The zero-order valence-corrected chi connectivity index (χ0v) is 16.0. The van der Waals surface area contributed by atoms with Crippen LogP contribution in [0.1, 0.15) is 65.2 Å². The summed E-state index contributed by atoms with van der Waals surface area (Å²) in [5.41, 5.74) is 0. The third-order valence-corrected chi connectivity index (χ3v) is 5.17. The Morgan fingerprint density at radius 2 is 1.92 bits per heavy atom. The van der Waals surface area contributed by atoms with Gasteiger partial charge in [0.1, 0.15) is 6.04 Å². The van der Waals surface area contributed by atoms with Crippen LogP contribution in [0.15, 0.2) is 0 Å². The molecular formula is C18H34ClN3O2. The highest BCUT2D eigenvalue weighted by atomic mass is 35.5. The molecule has 5 nitrogen and oxygen atoms in total. The Morgan fingerprint density at radius 3 is 2.50 bits per heavy atom. The van der Waals surface area contributed by atoms with E-state index in [0.717, 1.165) is 45.3 Å². The number of halogens is 1. The van der Waals surface area contributed by atoms with E-state index in [2.05, 4.69) is 17.6 Å². The van der Waals surface area contributed by atoms with E-state index in [9.17, 15) is 9.59 Å². The molecule has 1 saturated carbocycles. The molecule has 24 heavy (non-hydrogen) atoms. The number of nitrogens with one attached hydrogen (secondary N) is 2. The van der Waals surface area contributed by atoms with Gasteiger partial charge in [0.2, 0.25) is 11.8 Å². The summed E-state index contributed by atoms with van der Waals surface area (Å²) < 4.78 is 0. The van der Waals surface area contributed by atoms with Gasteiger partial charge in [0.15, 0.2) is 0 Å². The van der Waals surface area contributed by atoms with Gasteiger partial charge in [-0.2, -0.15) is 0 Å². The minimum Gasteiger partial charge on any atom is -0.345 e. The number of hydrogen-bond donors (Lipinski definition) is 2. The summed E-state index contributed by atoms with van der Waals surface area (Å²) in [6, 6.07) is -0.140. The SMILES string of the molecule is CCCN(C(=O)C(C)NC(=O)CC1CCCCC1)C1CCNC1.Cl. The maximum atomic E-state index is 12.7. The second kappa shape index (κ2) is 10.9. The van der Waals surface area contributed by atoms with Crippen molar-refractivity contribution in [3.8, 4) is 0 Å². The third-order valence-electron chi connectivity index (χ3n) is 5.17. The first-order valence-electron chi connectivity index (χ1n) is 9.42. The number of carbonyl (C=O) groups excluding carboxylic acids is 2. The summed E-state index contributed by atoms with van der Waals surface area (Å²) in [6.07, 6.45) is 8.64. The van der Waals surface area contributed by atoms with Crippen LogP contribution in [-0.4, -0.2) is 48.4 Å². The molecule has 140 valence electrons. The van der Waals surface area contributed by atoms with Crippen LogP contribution in [0.5, 0.6) is 0 Å². The zero-order valence-electron chi connectivity index (χ0n) is 15.2. The van der Waals surface area contributed by atoms with E-state index in [4.69, 9.17) is 0 Å². The van der Waals surface area contributed by atoms with Crippen molar-refractivity contribution in [1.82, 2.24) is 15.5 Å². The summed E-state index contributed by atoms with van der Waals surface area (Å²) in [5.74, 6) is 0.619. The first-order chi connectivity index (χ1) is 11.1. The van der Waals surface area contributed by atoms with E-state index in [1.54, 1.807) is 0 Å². The minimum absolute atomic E-state index is 0. The third kappa shape index (κ3) is 6.25. The summed E-state index contributed by atoms with van der Waals surface area (Å²) in [6.45, 7) is 6.53. The van der Waals surface area contributed by atoms with E-state index < -0.39 is 6.04 Å². The molecule has 0 bridgehead atoms. The quantitative estimate of drug-likeness (QED) is 0.734. The molecule has 1 heterocycles. The fourth-order valence-corrected chi connectivity index (χ4v) is 3.88. The molecule has 2 amide bonds. The Bertz CT molecular complexity index is 394. The zero-order chi connectivity index (χ0) is 16.7. The highest BCUT2D eigenvalue weighted by molar-refractivity contribution is 5.87. The van der Waals surface area contributed by atoms with Crippen molar-refractivity contribution < 1.29 is 9.59 Å². The van der Waals surface area contributed by atoms with Crippen molar-refractivity contribution in [1.29, 1.82) is 0 Å². The molecule has 1 aliphatic carbocycles. The van der Waals surface area contributed by atoms with Crippen molar-refractivity contribution in [2.24, 2.45) is 5.92 Å². The molecule has 6 heteroatoms. The predicted molar refractivity (Wildman–Crippen MR) is 99.3 cm³/mol. The van der Waals surface area contributed by atoms with Gasteiger partial charge in [0.05, 0.1) is 0 Å². The van der Waals surface area contributed by atoms with Gasteiger partial charge in [-0.1, -0.05) is 26.2 Å². The first-order valence-corrected chi connectivity index (χ1v) is 9.42. The Balaban J connectivity index is 0.00000288. The molecule has 0 radical (unpaired) electrons. The average molecular weight is 360 g/mol. The van der Waals surface area contributed by atoms with Crippen LogP contribution in [0.2, 0.25) is 0 Å². The second-order valence-electron chi connectivity index (χ2n) is 7.18. The summed E-state index contributed by atoms with van der Waals surface area (Å²) in [7, 11) is 0. The maximum Gasteiger partial charge on any atom is 0.245 e. The molecule has 2 N–H and O–H groups in total. The summed E-state index contributed by atoms with van der Waals surface area (Å²) in [5, 5.41) is 6.26. The van der Waals surface area contributed by atoms with Gasteiger partial charge >= 0.3 is 0 Å². The average Bonchev–Trinajstić information content (AvgIpc) is 3.06. The molecule has 2 rings (SSSR count). The van der Waals surface area contributed by atoms with Gasteiger partial charge in [-0.05, 0) is 45.1 Å². The fraction of sp³-hybridized carbons (Fsp3) is 0.889. The normalized spacial score (nSPS) is 22.5. The molecule has 2 unspecified atom stereocenters. The van der Waals surface area contributed by atoms with Gasteiger partial charge in [-0.15, -0.1) is 12.4 Å². The van der Waals surface area contributed by atoms with Gasteiger partial charge in [-0.25, -0.2) is 0 Å². The van der Waals surface area contributed by atoms with Crippen LogP contribution in [0.3, 0.4) is 0 Å². The Kier molecular flexibility index (Phi) is 9.67. The van der Waals surface area contributed by atoms with E-state index in [0.29, 0.717) is 12.3 Å². The lowest BCUT2D eigenvalue weighted by Gasteiger charge is -2.31. The number of carbonyl (C=O) groups is 2. The van der Waals surface area contributed by atoms with Crippen molar-refractivity contribution in [3.63, 3.8) is 0 Å². The van der Waals surface area contributed by atoms with E-state index in [1.807, 2.05) is 11.8 Å². The van der Waals surface area contributed by atoms with E-state index in [-0.39, 0.29) is 30.3 Å². The van der Waals surface area contributed by atoms with Crippen molar-refractivity contribution in [3.05, 3.63) is 0 Å². The molecule has 0 aromatic heterocycles. The first kappa shape index (κ1) is 21.2. The largest absolute Gasteiger partial charge is 0.345 e. The second-order valence-corrected chi connectivity index (χ2v) is 7.18. The Morgan fingerprint density at radius 1 is 1.21 bits per heavy atom. The predicted octanol–water partition coefficient (Wildman–Crippen LogP) is 2.48. The van der Waals surface area contributed by atoms with Gasteiger partial charge in [-0.3, -0.25) is 9.59 Å². The highest BCUT2D eigenvalue weighted by Crippen LogP contribution is 2.26. The summed E-state index contributed by atoms with van der Waals surface area (Å²) >= 11 is 0. The molecule has 0 aromatic carbocycles. The lowest BCUT2D eigenvalue weighted by Crippen LogP contribution is -2.51. The molecule has 1 saturated heterocycles. The molecule has 0 aromatic rings. The number of hydrogen-bond acceptors (Lipinski definition) is 3. The van der Waals surface area contributed by atoms with Crippen molar-refractivity contribution in [2.45, 2.75) is 77.3 Å². The monoisotopic (exact) mass is 359 g/mol. The molecule has 2 fully saturated rings. The van der Waals surface area contributed by atoms with Crippen LogP contribution in [0.25, 0.3) is 0 Å². The van der Waals surface area contributed by atoms with Gasteiger partial charge < -0.3 is 15.5 Å². The van der Waals surface area contributed by atoms with Crippen molar-refractivity contribution in [2.75, 3.05) is 19.6 Å². The Hall–Kier alpha value is -0.810. The summed E-state index contributed by atoms with van der Waals surface area (Å²) in [4.78, 5) is 26.9. The molecule has 2 atom stereocenters. The van der Waals surface area contributed by atoms with Crippen LogP contribution in [-0.2, 0) is 9.59 Å². The van der Waals surface area contributed by atoms with Gasteiger partial charge in [0.25, 0.3) is 0 Å². The molecular weight excluding hydrogens is 326 g/mol. The lowest BCUT2D eigenvalue weighted by molar-refractivity contribution is -0.138. The fourth-order valence-electron chi connectivity index (χ4n) is 3.88. The standard InChI is InChI=1S/C18H33N3O2.ClH/c1-3-11-21(16-9-10-19-13-16)18(23)14(2)20-17(22)12-15-7-5-4-6-8-15;/h14-16,19H,3-13H2,1-2H3,(H,20,22);1H. The van der Waals surface area contributed by atoms with Gasteiger partial charge in [0, 0.05) is 25.6 Å². The topological polar surface area (TPSA) is 61.4 Å².